The minimum absolute atomic E-state index is 0.0150. The van der Waals surface area contributed by atoms with Crippen LogP contribution < -0.4 is 5.73 Å². The Morgan fingerprint density at radius 2 is 2.16 bits per heavy atom. The Balaban J connectivity index is 2.89. The minimum Gasteiger partial charge on any atom is -0.393 e. The molecule has 1 aromatic rings. The van der Waals surface area contributed by atoms with Crippen LogP contribution in [0.15, 0.2) is 22.7 Å². The van der Waals surface area contributed by atoms with E-state index in [2.05, 4.69) is 15.9 Å². The Bertz CT molecular complexity index is 490. The molecule has 5 heteroatoms. The van der Waals surface area contributed by atoms with Crippen LogP contribution in [0.2, 0.25) is 0 Å². The Morgan fingerprint density at radius 3 is 2.63 bits per heavy atom. The number of thiocarbonyl (C=S) groups is 1. The van der Waals surface area contributed by atoms with Crippen LogP contribution in [0.4, 0.5) is 0 Å². The molecule has 0 aliphatic heterocycles. The molecule has 1 amide bonds. The van der Waals surface area contributed by atoms with Crippen LogP contribution in [-0.2, 0) is 0 Å². The molecule has 0 spiro atoms. The number of hydrogen-bond acceptors (Lipinski definition) is 2. The van der Waals surface area contributed by atoms with Gasteiger partial charge in [0.15, 0.2) is 0 Å². The lowest BCUT2D eigenvalue weighted by atomic mass is 10.1. The molecule has 0 saturated carbocycles. The molecule has 19 heavy (non-hydrogen) atoms. The number of amides is 1. The lowest BCUT2D eigenvalue weighted by Gasteiger charge is -2.24. The monoisotopic (exact) mass is 342 g/mol. The van der Waals surface area contributed by atoms with Crippen LogP contribution in [0.3, 0.4) is 0 Å². The summed E-state index contributed by atoms with van der Waals surface area (Å²) in [4.78, 5) is 14.6. The molecule has 0 fully saturated rings. The van der Waals surface area contributed by atoms with Crippen LogP contribution in [0.25, 0.3) is 0 Å². The highest BCUT2D eigenvalue weighted by molar-refractivity contribution is 9.10. The van der Waals surface area contributed by atoms with E-state index >= 15 is 0 Å². The van der Waals surface area contributed by atoms with Gasteiger partial charge in [0, 0.05) is 29.0 Å². The molecule has 0 heterocycles. The van der Waals surface area contributed by atoms with E-state index in [9.17, 15) is 4.79 Å². The summed E-state index contributed by atoms with van der Waals surface area (Å²) in [6.07, 6.45) is 0. The van der Waals surface area contributed by atoms with Crippen molar-refractivity contribution in [1.29, 1.82) is 0 Å². The third kappa shape index (κ3) is 4.28. The van der Waals surface area contributed by atoms with Crippen LogP contribution >= 0.6 is 28.1 Å². The van der Waals surface area contributed by atoms with Gasteiger partial charge in [0.05, 0.1) is 4.99 Å². The number of rotatable bonds is 5. The van der Waals surface area contributed by atoms with Gasteiger partial charge in [0.1, 0.15) is 0 Å². The van der Waals surface area contributed by atoms with E-state index in [1.54, 1.807) is 4.90 Å². The van der Waals surface area contributed by atoms with E-state index in [1.807, 2.05) is 39.0 Å². The average molecular weight is 343 g/mol. The molecular weight excluding hydrogens is 324 g/mol. The van der Waals surface area contributed by atoms with Crippen LogP contribution in [0, 0.1) is 12.8 Å². The summed E-state index contributed by atoms with van der Waals surface area (Å²) in [5, 5.41) is 0. The van der Waals surface area contributed by atoms with Crippen LogP contribution in [-0.4, -0.2) is 28.9 Å². The summed E-state index contributed by atoms with van der Waals surface area (Å²) < 4.78 is 1.00. The molecule has 1 aromatic carbocycles. The molecule has 1 rings (SSSR count). The van der Waals surface area contributed by atoms with E-state index in [-0.39, 0.29) is 11.8 Å². The second-order valence-corrected chi connectivity index (χ2v) is 5.94. The smallest absolute Gasteiger partial charge is 0.253 e. The number of aryl methyl sites for hydroxylation is 1. The molecule has 3 nitrogen and oxygen atoms in total. The van der Waals surface area contributed by atoms with E-state index in [0.29, 0.717) is 23.6 Å². The van der Waals surface area contributed by atoms with E-state index < -0.39 is 0 Å². The van der Waals surface area contributed by atoms with Crippen molar-refractivity contribution in [1.82, 2.24) is 4.90 Å². The summed E-state index contributed by atoms with van der Waals surface area (Å²) in [6, 6.07) is 5.61. The first kappa shape index (κ1) is 16.1. The molecule has 1 unspecified atom stereocenters. The topological polar surface area (TPSA) is 46.3 Å². The van der Waals surface area contributed by atoms with Crippen LogP contribution in [0.5, 0.6) is 0 Å². The number of halogens is 1. The molecule has 0 aliphatic carbocycles. The van der Waals surface area contributed by atoms with Gasteiger partial charge in [-0.2, -0.15) is 0 Å². The van der Waals surface area contributed by atoms with Gasteiger partial charge in [-0.05, 0) is 37.6 Å². The fourth-order valence-electron chi connectivity index (χ4n) is 1.74. The van der Waals surface area contributed by atoms with Crippen molar-refractivity contribution in [2.24, 2.45) is 11.7 Å². The predicted octanol–water partition coefficient (Wildman–Crippen LogP) is 3.14. The summed E-state index contributed by atoms with van der Waals surface area (Å²) in [7, 11) is 0. The van der Waals surface area contributed by atoms with Crippen LogP contribution in [0.1, 0.15) is 29.8 Å². The van der Waals surface area contributed by atoms with Crippen molar-refractivity contribution in [2.45, 2.75) is 20.8 Å². The average Bonchev–Trinajstić information content (AvgIpc) is 2.37. The number of nitrogens with two attached hydrogens (primary N) is 1. The van der Waals surface area contributed by atoms with Gasteiger partial charge in [-0.3, -0.25) is 4.79 Å². The second kappa shape index (κ2) is 7.01. The maximum atomic E-state index is 12.4. The lowest BCUT2D eigenvalue weighted by molar-refractivity contribution is 0.0755. The number of hydrogen-bond donors (Lipinski definition) is 1. The van der Waals surface area contributed by atoms with E-state index in [0.717, 1.165) is 10.0 Å². The maximum Gasteiger partial charge on any atom is 0.253 e. The highest BCUT2D eigenvalue weighted by Gasteiger charge is 2.18. The Labute approximate surface area is 128 Å². The van der Waals surface area contributed by atoms with E-state index in [1.165, 1.54) is 0 Å². The molecule has 0 radical (unpaired) electrons. The van der Waals surface area contributed by atoms with Gasteiger partial charge < -0.3 is 10.6 Å². The van der Waals surface area contributed by atoms with Crippen molar-refractivity contribution in [3.05, 3.63) is 33.8 Å². The SMILES string of the molecule is CCN(CC(C)C(N)=S)C(=O)c1ccc(Br)c(C)c1. The zero-order valence-electron chi connectivity index (χ0n) is 11.4. The normalized spacial score (nSPS) is 12.0. The largest absolute Gasteiger partial charge is 0.393 e. The zero-order chi connectivity index (χ0) is 14.6. The minimum atomic E-state index is 0.0150. The summed E-state index contributed by atoms with van der Waals surface area (Å²) in [6.45, 7) is 7.05. The van der Waals surface area contributed by atoms with Gasteiger partial charge in [0.25, 0.3) is 5.91 Å². The zero-order valence-corrected chi connectivity index (χ0v) is 13.8. The summed E-state index contributed by atoms with van der Waals surface area (Å²) in [5.41, 5.74) is 7.35. The molecule has 104 valence electrons. The first-order valence-electron chi connectivity index (χ1n) is 6.21. The Hall–Kier alpha value is -0.940. The number of carbonyl (C=O) groups excluding carboxylic acids is 1. The predicted molar refractivity (Wildman–Crippen MR) is 86.4 cm³/mol. The van der Waals surface area contributed by atoms with Gasteiger partial charge in [-0.15, -0.1) is 0 Å². The molecule has 2 N–H and O–H groups in total. The molecule has 0 aromatic heterocycles. The van der Waals surface area contributed by atoms with Gasteiger partial charge in [0.2, 0.25) is 0 Å². The van der Waals surface area contributed by atoms with Crippen molar-refractivity contribution < 1.29 is 4.79 Å². The van der Waals surface area contributed by atoms with Gasteiger partial charge >= 0.3 is 0 Å². The molecule has 1 atom stereocenters. The summed E-state index contributed by atoms with van der Waals surface area (Å²) in [5.74, 6) is 0.0386. The molecule has 0 saturated heterocycles. The van der Waals surface area contributed by atoms with Crippen molar-refractivity contribution in [3.63, 3.8) is 0 Å². The quantitative estimate of drug-likeness (QED) is 0.836. The fraction of sp³-hybridized carbons (Fsp3) is 0.429. The van der Waals surface area contributed by atoms with Crippen molar-refractivity contribution in [2.75, 3.05) is 13.1 Å². The fourth-order valence-corrected chi connectivity index (χ4v) is 2.06. The first-order valence-corrected chi connectivity index (χ1v) is 7.41. The summed E-state index contributed by atoms with van der Waals surface area (Å²) >= 11 is 8.39. The number of benzene rings is 1. The molecule has 0 bridgehead atoms. The maximum absolute atomic E-state index is 12.4. The number of nitrogens with zero attached hydrogens (tertiary/aromatic N) is 1. The number of carbonyl (C=O) groups is 1. The Morgan fingerprint density at radius 1 is 1.53 bits per heavy atom. The molecule has 0 aliphatic rings. The van der Waals surface area contributed by atoms with E-state index in [4.69, 9.17) is 18.0 Å². The Kier molecular flexibility index (Phi) is 5.94. The van der Waals surface area contributed by atoms with Gasteiger partial charge in [-0.25, -0.2) is 0 Å². The highest BCUT2D eigenvalue weighted by atomic mass is 79.9. The molecular formula is C14H19BrN2OS. The second-order valence-electron chi connectivity index (χ2n) is 4.61. The van der Waals surface area contributed by atoms with Crippen molar-refractivity contribution >= 4 is 39.0 Å². The van der Waals surface area contributed by atoms with Gasteiger partial charge in [-0.1, -0.05) is 35.1 Å². The third-order valence-electron chi connectivity index (χ3n) is 3.05. The van der Waals surface area contributed by atoms with Crippen molar-refractivity contribution in [3.8, 4) is 0 Å². The standard InChI is InChI=1S/C14H19BrN2OS/c1-4-17(8-10(3)13(16)19)14(18)11-5-6-12(15)9(2)7-11/h5-7,10H,4,8H2,1-3H3,(H2,16,19). The highest BCUT2D eigenvalue weighted by Crippen LogP contribution is 2.18. The lowest BCUT2D eigenvalue weighted by Crippen LogP contribution is -2.38. The first-order chi connectivity index (χ1) is 8.86. The third-order valence-corrected chi connectivity index (χ3v) is 4.35.